The molecule has 16 heavy (non-hydrogen) atoms. The maximum Gasteiger partial charge on any atom is 0.0305 e. The number of hydrogen-bond acceptors (Lipinski definition) is 1. The van der Waals surface area contributed by atoms with Gasteiger partial charge in [0.25, 0.3) is 0 Å². The van der Waals surface area contributed by atoms with Gasteiger partial charge in [0.05, 0.1) is 0 Å². The van der Waals surface area contributed by atoms with E-state index in [0.717, 1.165) is 24.2 Å². The number of rotatable bonds is 8. The average molecular weight is 219 g/mol. The molecule has 90 valence electrons. The Kier molecular flexibility index (Phi) is 7.36. The van der Waals surface area contributed by atoms with Crippen LogP contribution in [-0.4, -0.2) is 0 Å². The van der Waals surface area contributed by atoms with E-state index in [-0.39, 0.29) is 0 Å². The highest BCUT2D eigenvalue weighted by Crippen LogP contribution is 2.22. The Bertz CT molecular complexity index is 273. The molecular formula is C15H25N. The zero-order valence-electron chi connectivity index (χ0n) is 10.9. The highest BCUT2D eigenvalue weighted by Gasteiger charge is 2.12. The van der Waals surface area contributed by atoms with Crippen molar-refractivity contribution in [3.8, 4) is 0 Å². The molecule has 0 aliphatic carbocycles. The molecule has 1 nitrogen and oxygen atoms in total. The van der Waals surface area contributed by atoms with Crippen molar-refractivity contribution < 1.29 is 0 Å². The van der Waals surface area contributed by atoms with Crippen LogP contribution in [0.5, 0.6) is 0 Å². The topological polar surface area (TPSA) is 12.0 Å². The highest BCUT2D eigenvalue weighted by atomic mass is 14.9. The fourth-order valence-corrected chi connectivity index (χ4v) is 1.86. The summed E-state index contributed by atoms with van der Waals surface area (Å²) >= 11 is 0. The minimum Gasteiger partial charge on any atom is -0.360 e. The number of hydrogen-bond donors (Lipinski definition) is 1. The molecule has 0 rings (SSSR count). The van der Waals surface area contributed by atoms with Gasteiger partial charge in [-0.2, -0.15) is 0 Å². The van der Waals surface area contributed by atoms with E-state index in [0.29, 0.717) is 11.8 Å². The molecule has 0 heterocycles. The van der Waals surface area contributed by atoms with Crippen LogP contribution in [0.2, 0.25) is 0 Å². The van der Waals surface area contributed by atoms with Crippen molar-refractivity contribution in [2.75, 3.05) is 0 Å². The second-order valence-electron chi connectivity index (χ2n) is 4.24. The van der Waals surface area contributed by atoms with Gasteiger partial charge in [0.15, 0.2) is 0 Å². The summed E-state index contributed by atoms with van der Waals surface area (Å²) in [5.74, 6) is 1.13. The van der Waals surface area contributed by atoms with Crippen molar-refractivity contribution in [2.24, 2.45) is 11.8 Å². The van der Waals surface area contributed by atoms with Crippen molar-refractivity contribution in [3.05, 3.63) is 49.4 Å². The van der Waals surface area contributed by atoms with Gasteiger partial charge in [0.2, 0.25) is 0 Å². The quantitative estimate of drug-likeness (QED) is 0.471. The summed E-state index contributed by atoms with van der Waals surface area (Å²) in [6, 6.07) is 0. The van der Waals surface area contributed by atoms with Gasteiger partial charge in [-0.15, -0.1) is 6.58 Å². The van der Waals surface area contributed by atoms with Gasteiger partial charge in [-0.3, -0.25) is 0 Å². The molecule has 2 atom stereocenters. The molecular weight excluding hydrogens is 194 g/mol. The molecule has 0 aromatic carbocycles. The molecule has 0 bridgehead atoms. The van der Waals surface area contributed by atoms with Crippen molar-refractivity contribution in [3.63, 3.8) is 0 Å². The first-order valence-corrected chi connectivity index (χ1v) is 5.94. The zero-order valence-corrected chi connectivity index (χ0v) is 10.9. The molecule has 0 aliphatic heterocycles. The number of allylic oxidation sites excluding steroid dienone is 4. The molecule has 0 saturated heterocycles. The third kappa shape index (κ3) is 5.59. The first kappa shape index (κ1) is 14.8. The van der Waals surface area contributed by atoms with Crippen LogP contribution in [0.4, 0.5) is 0 Å². The smallest absolute Gasteiger partial charge is 0.0305 e. The summed E-state index contributed by atoms with van der Waals surface area (Å²) in [5.41, 5.74) is 1.92. The van der Waals surface area contributed by atoms with Crippen molar-refractivity contribution in [2.45, 2.75) is 33.6 Å². The van der Waals surface area contributed by atoms with E-state index in [1.54, 1.807) is 0 Å². The Morgan fingerprint density at radius 3 is 2.44 bits per heavy atom. The summed E-state index contributed by atoms with van der Waals surface area (Å²) in [6.45, 7) is 18.2. The number of nitrogens with one attached hydrogen (secondary N) is 1. The summed E-state index contributed by atoms with van der Waals surface area (Å²) in [4.78, 5) is 0. The van der Waals surface area contributed by atoms with Crippen LogP contribution in [0.1, 0.15) is 33.6 Å². The molecule has 0 spiro atoms. The van der Waals surface area contributed by atoms with Crippen LogP contribution in [0.25, 0.3) is 0 Å². The minimum absolute atomic E-state index is 0.563. The van der Waals surface area contributed by atoms with E-state index >= 15 is 0 Å². The predicted molar refractivity (Wildman–Crippen MR) is 74.0 cm³/mol. The summed E-state index contributed by atoms with van der Waals surface area (Å²) < 4.78 is 0. The molecule has 0 amide bonds. The fraction of sp³-hybridized carbons (Fsp3) is 0.467. The predicted octanol–water partition coefficient (Wildman–Crippen LogP) is 4.42. The second-order valence-corrected chi connectivity index (χ2v) is 4.24. The maximum atomic E-state index is 4.03. The largest absolute Gasteiger partial charge is 0.360 e. The molecule has 2 unspecified atom stereocenters. The molecule has 0 radical (unpaired) electrons. The molecule has 0 aliphatic rings. The standard InChI is InChI=1S/C15H25N/c1-7-10-13(5)16-14(6)11-12(4)15(8-2)9-3/h7-8,10,12,15-16H,2,5-6,9,11H2,1,3-4H3/b10-7-. The van der Waals surface area contributed by atoms with E-state index in [1.165, 1.54) is 0 Å². The molecule has 0 saturated carbocycles. The van der Waals surface area contributed by atoms with Crippen LogP contribution in [0.15, 0.2) is 49.4 Å². The average Bonchev–Trinajstić information content (AvgIpc) is 2.19. The summed E-state index contributed by atoms with van der Waals surface area (Å²) in [5, 5.41) is 3.20. The SMILES string of the molecule is C=CC(CC)C(C)CC(=C)NC(=C)/C=C\C. The van der Waals surface area contributed by atoms with Gasteiger partial charge >= 0.3 is 0 Å². The minimum atomic E-state index is 0.563. The lowest BCUT2D eigenvalue weighted by Crippen LogP contribution is -2.16. The molecule has 0 aromatic rings. The van der Waals surface area contributed by atoms with Crippen molar-refractivity contribution in [1.29, 1.82) is 0 Å². The van der Waals surface area contributed by atoms with Gasteiger partial charge < -0.3 is 5.32 Å². The normalized spacial score (nSPS) is 14.4. The maximum absolute atomic E-state index is 4.03. The zero-order chi connectivity index (χ0) is 12.6. The van der Waals surface area contributed by atoms with E-state index < -0.39 is 0 Å². The molecule has 1 N–H and O–H groups in total. The lowest BCUT2D eigenvalue weighted by atomic mass is 9.88. The van der Waals surface area contributed by atoms with Crippen LogP contribution in [-0.2, 0) is 0 Å². The van der Waals surface area contributed by atoms with Gasteiger partial charge in [0.1, 0.15) is 0 Å². The van der Waals surface area contributed by atoms with Crippen LogP contribution in [0, 0.1) is 11.8 Å². The van der Waals surface area contributed by atoms with Crippen LogP contribution in [0.3, 0.4) is 0 Å². The van der Waals surface area contributed by atoms with Gasteiger partial charge in [0, 0.05) is 11.4 Å². The Morgan fingerprint density at radius 2 is 2.00 bits per heavy atom. The summed E-state index contributed by atoms with van der Waals surface area (Å²) in [6.07, 6.45) is 8.04. The van der Waals surface area contributed by atoms with E-state index in [4.69, 9.17) is 0 Å². The Balaban J connectivity index is 4.13. The Morgan fingerprint density at radius 1 is 1.38 bits per heavy atom. The summed E-state index contributed by atoms with van der Waals surface area (Å²) in [7, 11) is 0. The van der Waals surface area contributed by atoms with E-state index in [2.05, 4.69) is 38.9 Å². The van der Waals surface area contributed by atoms with Crippen molar-refractivity contribution in [1.82, 2.24) is 5.32 Å². The first-order valence-electron chi connectivity index (χ1n) is 5.94. The second kappa shape index (κ2) is 7.98. The lowest BCUT2D eigenvalue weighted by molar-refractivity contribution is 0.410. The van der Waals surface area contributed by atoms with Crippen LogP contribution < -0.4 is 5.32 Å². The van der Waals surface area contributed by atoms with Crippen molar-refractivity contribution >= 4 is 0 Å². The third-order valence-electron chi connectivity index (χ3n) is 2.78. The van der Waals surface area contributed by atoms with E-state index in [1.807, 2.05) is 25.2 Å². The first-order chi connectivity index (χ1) is 7.54. The third-order valence-corrected chi connectivity index (χ3v) is 2.78. The molecule has 1 heteroatoms. The lowest BCUT2D eigenvalue weighted by Gasteiger charge is -2.21. The fourth-order valence-electron chi connectivity index (χ4n) is 1.86. The van der Waals surface area contributed by atoms with Gasteiger partial charge in [-0.25, -0.2) is 0 Å². The molecule has 0 fully saturated rings. The van der Waals surface area contributed by atoms with E-state index in [9.17, 15) is 0 Å². The molecule has 0 aromatic heterocycles. The monoisotopic (exact) mass is 219 g/mol. The Labute approximate surface area is 101 Å². The Hall–Kier alpha value is -1.24. The highest BCUT2D eigenvalue weighted by molar-refractivity contribution is 5.17. The van der Waals surface area contributed by atoms with Gasteiger partial charge in [-0.1, -0.05) is 39.2 Å². The van der Waals surface area contributed by atoms with Gasteiger partial charge in [-0.05, 0) is 37.7 Å². The van der Waals surface area contributed by atoms with Crippen LogP contribution >= 0.6 is 0 Å².